The molecular weight excluding hydrogens is 605 g/mol. The van der Waals surface area contributed by atoms with Gasteiger partial charge in [0.05, 0.1) is 11.0 Å². The number of nitrogens with zero attached hydrogens (tertiary/aromatic N) is 2. The third-order valence-electron chi connectivity index (χ3n) is 10.1. The number of hydrogen-bond donors (Lipinski definition) is 0. The van der Waals surface area contributed by atoms with E-state index in [-0.39, 0.29) is 0 Å². The molecule has 2 heteroatoms. The van der Waals surface area contributed by atoms with Gasteiger partial charge in [0.25, 0.3) is 0 Å². The molecule has 0 aliphatic rings. The Kier molecular flexibility index (Phi) is 6.53. The van der Waals surface area contributed by atoms with E-state index >= 15 is 0 Å². The standard InChI is InChI=1S/C48H30N2/c1-2-14-32(15-3-1)45-39-21-8-6-19-37(39)43(41-23-11-27-49-47(41)45)34-17-10-18-35(30-34)44-38-20-7-9-22-40(38)46(48-42(44)24-12-28-50-48)36-26-25-31-13-4-5-16-33(31)29-36/h1-30H. The molecule has 10 rings (SSSR count). The Morgan fingerprint density at radius 2 is 0.700 bits per heavy atom. The van der Waals surface area contributed by atoms with E-state index in [4.69, 9.17) is 9.97 Å². The van der Waals surface area contributed by atoms with E-state index in [2.05, 4.69) is 170 Å². The third kappa shape index (κ3) is 4.43. The van der Waals surface area contributed by atoms with E-state index in [1.807, 2.05) is 12.4 Å². The number of pyridine rings is 2. The molecular formula is C48H30N2. The third-order valence-corrected chi connectivity index (χ3v) is 10.1. The molecule has 2 aromatic heterocycles. The molecule has 2 heterocycles. The van der Waals surface area contributed by atoms with Crippen molar-refractivity contribution < 1.29 is 0 Å². The van der Waals surface area contributed by atoms with Crippen LogP contribution >= 0.6 is 0 Å². The van der Waals surface area contributed by atoms with Crippen molar-refractivity contribution in [1.82, 2.24) is 9.97 Å². The molecule has 50 heavy (non-hydrogen) atoms. The van der Waals surface area contributed by atoms with Gasteiger partial charge >= 0.3 is 0 Å². The lowest BCUT2D eigenvalue weighted by molar-refractivity contribution is 1.42. The van der Waals surface area contributed by atoms with Crippen molar-refractivity contribution in [2.24, 2.45) is 0 Å². The number of rotatable bonds is 4. The largest absolute Gasteiger partial charge is 0.256 e. The second-order valence-corrected chi connectivity index (χ2v) is 12.9. The zero-order valence-electron chi connectivity index (χ0n) is 27.2. The molecule has 0 spiro atoms. The van der Waals surface area contributed by atoms with Crippen LogP contribution in [0.2, 0.25) is 0 Å². The van der Waals surface area contributed by atoms with Gasteiger partial charge in [-0.25, -0.2) is 0 Å². The first-order chi connectivity index (χ1) is 24.8. The Bertz CT molecular complexity index is 2810. The Hall–Kier alpha value is -6.64. The van der Waals surface area contributed by atoms with Crippen molar-refractivity contribution in [3.63, 3.8) is 0 Å². The number of benzene rings is 8. The normalized spacial score (nSPS) is 11.6. The Morgan fingerprint density at radius 1 is 0.260 bits per heavy atom. The molecule has 0 aliphatic carbocycles. The lowest BCUT2D eigenvalue weighted by Crippen LogP contribution is -1.94. The Balaban J connectivity index is 1.25. The minimum Gasteiger partial charge on any atom is -0.256 e. The SMILES string of the molecule is c1ccc(-c2c3ccccc3c(-c3cccc(-c4c5ccccc5c(-c5ccc6ccccc6c5)c5ncccc45)c3)c3cccnc23)cc1. The molecule has 0 fully saturated rings. The fourth-order valence-corrected chi connectivity index (χ4v) is 7.98. The van der Waals surface area contributed by atoms with Gasteiger partial charge in [-0.05, 0) is 90.0 Å². The number of aromatic nitrogens is 2. The first kappa shape index (κ1) is 28.4. The van der Waals surface area contributed by atoms with Gasteiger partial charge in [0.2, 0.25) is 0 Å². The number of hydrogen-bond acceptors (Lipinski definition) is 2. The molecule has 0 unspecified atom stereocenters. The van der Waals surface area contributed by atoms with Crippen molar-refractivity contribution in [2.75, 3.05) is 0 Å². The van der Waals surface area contributed by atoms with Gasteiger partial charge in [-0.15, -0.1) is 0 Å². The summed E-state index contributed by atoms with van der Waals surface area (Å²) < 4.78 is 0. The van der Waals surface area contributed by atoms with Gasteiger partial charge in [-0.1, -0.05) is 146 Å². The molecule has 10 aromatic rings. The smallest absolute Gasteiger partial charge is 0.0792 e. The maximum Gasteiger partial charge on any atom is 0.0792 e. The van der Waals surface area contributed by atoms with Crippen molar-refractivity contribution in [1.29, 1.82) is 0 Å². The summed E-state index contributed by atoms with van der Waals surface area (Å²) in [5.41, 5.74) is 11.4. The first-order valence-corrected chi connectivity index (χ1v) is 17.1. The van der Waals surface area contributed by atoms with E-state index in [0.29, 0.717) is 0 Å². The van der Waals surface area contributed by atoms with Gasteiger partial charge < -0.3 is 0 Å². The van der Waals surface area contributed by atoms with Crippen molar-refractivity contribution in [3.05, 3.63) is 182 Å². The van der Waals surface area contributed by atoms with Crippen molar-refractivity contribution in [2.45, 2.75) is 0 Å². The second kappa shape index (κ2) is 11.5. The molecule has 0 bridgehead atoms. The summed E-state index contributed by atoms with van der Waals surface area (Å²) in [5.74, 6) is 0. The van der Waals surface area contributed by atoms with Crippen LogP contribution in [0.1, 0.15) is 0 Å². The van der Waals surface area contributed by atoms with Gasteiger partial charge in [0, 0.05) is 34.3 Å². The molecule has 0 saturated heterocycles. The predicted octanol–water partition coefficient (Wildman–Crippen LogP) is 12.9. The van der Waals surface area contributed by atoms with Crippen LogP contribution in [0.5, 0.6) is 0 Å². The highest BCUT2D eigenvalue weighted by atomic mass is 14.7. The quantitative estimate of drug-likeness (QED) is 0.180. The van der Waals surface area contributed by atoms with Gasteiger partial charge in [0.1, 0.15) is 0 Å². The molecule has 0 amide bonds. The highest BCUT2D eigenvalue weighted by Gasteiger charge is 2.20. The lowest BCUT2D eigenvalue weighted by atomic mass is 9.85. The highest BCUT2D eigenvalue weighted by Crippen LogP contribution is 2.46. The summed E-state index contributed by atoms with van der Waals surface area (Å²) in [7, 11) is 0. The average Bonchev–Trinajstić information content (AvgIpc) is 3.19. The van der Waals surface area contributed by atoms with Crippen molar-refractivity contribution in [3.8, 4) is 44.5 Å². The van der Waals surface area contributed by atoms with Crippen LogP contribution in [0.3, 0.4) is 0 Å². The summed E-state index contributed by atoms with van der Waals surface area (Å²) >= 11 is 0. The molecule has 0 radical (unpaired) electrons. The molecule has 0 atom stereocenters. The van der Waals surface area contributed by atoms with E-state index in [1.54, 1.807) is 0 Å². The van der Waals surface area contributed by atoms with E-state index in [1.165, 1.54) is 65.7 Å². The number of fused-ring (bicyclic) bond motifs is 5. The van der Waals surface area contributed by atoms with Gasteiger partial charge in [0.15, 0.2) is 0 Å². The average molecular weight is 635 g/mol. The highest BCUT2D eigenvalue weighted by molar-refractivity contribution is 6.22. The maximum absolute atomic E-state index is 5.07. The molecule has 2 nitrogen and oxygen atoms in total. The van der Waals surface area contributed by atoms with E-state index in [0.717, 1.165) is 32.9 Å². The van der Waals surface area contributed by atoms with Crippen LogP contribution in [0, 0.1) is 0 Å². The molecule has 0 saturated carbocycles. The van der Waals surface area contributed by atoms with Crippen molar-refractivity contribution >= 4 is 54.1 Å². The summed E-state index contributed by atoms with van der Waals surface area (Å²) in [6, 6.07) is 61.1. The molecule has 0 N–H and O–H groups in total. The molecule has 0 aliphatic heterocycles. The second-order valence-electron chi connectivity index (χ2n) is 12.9. The van der Waals surface area contributed by atoms with Crippen LogP contribution in [-0.4, -0.2) is 9.97 Å². The van der Waals surface area contributed by atoms with Gasteiger partial charge in [-0.3, -0.25) is 9.97 Å². The maximum atomic E-state index is 5.07. The minimum absolute atomic E-state index is 1.01. The fourth-order valence-electron chi connectivity index (χ4n) is 7.98. The topological polar surface area (TPSA) is 25.8 Å². The Morgan fingerprint density at radius 3 is 1.30 bits per heavy atom. The Labute approximate surface area is 290 Å². The first-order valence-electron chi connectivity index (χ1n) is 17.1. The fraction of sp³-hybridized carbons (Fsp3) is 0. The van der Waals surface area contributed by atoms with E-state index < -0.39 is 0 Å². The predicted molar refractivity (Wildman–Crippen MR) is 211 cm³/mol. The summed E-state index contributed by atoms with van der Waals surface area (Å²) in [6.45, 7) is 0. The van der Waals surface area contributed by atoms with Crippen LogP contribution in [0.25, 0.3) is 98.6 Å². The summed E-state index contributed by atoms with van der Waals surface area (Å²) in [6.07, 6.45) is 3.83. The minimum atomic E-state index is 1.01. The van der Waals surface area contributed by atoms with Gasteiger partial charge in [-0.2, -0.15) is 0 Å². The summed E-state index contributed by atoms with van der Waals surface area (Å²) in [5, 5.41) is 9.57. The van der Waals surface area contributed by atoms with Crippen LogP contribution in [0.15, 0.2) is 182 Å². The van der Waals surface area contributed by atoms with E-state index in [9.17, 15) is 0 Å². The molecule has 8 aromatic carbocycles. The zero-order chi connectivity index (χ0) is 33.0. The van der Waals surface area contributed by atoms with Crippen LogP contribution in [-0.2, 0) is 0 Å². The zero-order valence-corrected chi connectivity index (χ0v) is 27.2. The van der Waals surface area contributed by atoms with Crippen LogP contribution in [0.4, 0.5) is 0 Å². The monoisotopic (exact) mass is 634 g/mol. The molecule has 232 valence electrons. The summed E-state index contributed by atoms with van der Waals surface area (Å²) in [4.78, 5) is 10.1. The lowest BCUT2D eigenvalue weighted by Gasteiger charge is -2.19. The van der Waals surface area contributed by atoms with Crippen LogP contribution < -0.4 is 0 Å².